The molecule has 0 radical (unpaired) electrons. The number of fused-ring (bicyclic) bond motifs is 1. The number of hydrogen-bond acceptors (Lipinski definition) is 6. The molecule has 1 aliphatic heterocycles. The van der Waals surface area contributed by atoms with Gasteiger partial charge in [0.15, 0.2) is 0 Å². The summed E-state index contributed by atoms with van der Waals surface area (Å²) in [5.74, 6) is -0.0907. The van der Waals surface area contributed by atoms with Gasteiger partial charge in [-0.25, -0.2) is 9.80 Å². The van der Waals surface area contributed by atoms with Crippen molar-refractivity contribution in [2.45, 2.75) is 25.3 Å². The molecular weight excluding hydrogens is 402 g/mol. The number of nitrogens with zero attached hydrogens (tertiary/aromatic N) is 4. The van der Waals surface area contributed by atoms with Crippen molar-refractivity contribution in [2.24, 2.45) is 16.8 Å². The molecule has 0 spiro atoms. The number of benzene rings is 2. The van der Waals surface area contributed by atoms with E-state index in [1.165, 1.54) is 29.3 Å². The quantitative estimate of drug-likeness (QED) is 0.581. The summed E-state index contributed by atoms with van der Waals surface area (Å²) in [5, 5.41) is 27.6. The second-order valence-electron chi connectivity index (χ2n) is 7.48. The van der Waals surface area contributed by atoms with Crippen molar-refractivity contribution in [3.8, 4) is 0 Å². The lowest BCUT2D eigenvalue weighted by molar-refractivity contribution is -0.385. The van der Waals surface area contributed by atoms with Gasteiger partial charge in [-0.1, -0.05) is 12.1 Å². The zero-order valence-electron chi connectivity index (χ0n) is 16.4. The third kappa shape index (κ3) is 3.87. The Balaban J connectivity index is 1.68. The Kier molecular flexibility index (Phi) is 5.20. The number of nitro benzene ring substituents is 2. The predicted molar refractivity (Wildman–Crippen MR) is 113 cm³/mol. The van der Waals surface area contributed by atoms with E-state index < -0.39 is 21.9 Å². The molecule has 1 fully saturated rings. The number of nitro groups is 2. The monoisotopic (exact) mass is 421 g/mol. The molecular formula is C21H19N5O5. The van der Waals surface area contributed by atoms with Gasteiger partial charge in [0.05, 0.1) is 21.6 Å². The summed E-state index contributed by atoms with van der Waals surface area (Å²) >= 11 is 0. The number of nitrogens with two attached hydrogens (primary N) is 1. The summed E-state index contributed by atoms with van der Waals surface area (Å²) in [6, 6.07) is 11.2. The van der Waals surface area contributed by atoms with Crippen LogP contribution in [0.5, 0.6) is 0 Å². The highest BCUT2D eigenvalue weighted by atomic mass is 16.6. The molecule has 4 rings (SSSR count). The first-order chi connectivity index (χ1) is 14.8. The summed E-state index contributed by atoms with van der Waals surface area (Å²) < 4.78 is 0. The van der Waals surface area contributed by atoms with Gasteiger partial charge in [-0.3, -0.25) is 20.2 Å². The molecule has 0 aromatic heterocycles. The fourth-order valence-electron chi connectivity index (χ4n) is 4.20. The third-order valence-corrected chi connectivity index (χ3v) is 5.62. The first kappa shape index (κ1) is 20.2. The number of amides is 2. The first-order valence-corrected chi connectivity index (χ1v) is 9.72. The zero-order valence-corrected chi connectivity index (χ0v) is 16.4. The molecule has 158 valence electrons. The Morgan fingerprint density at radius 1 is 1.03 bits per heavy atom. The second-order valence-corrected chi connectivity index (χ2v) is 7.48. The fraction of sp³-hybridized carbons (Fsp3) is 0.238. The summed E-state index contributed by atoms with van der Waals surface area (Å²) in [6.07, 6.45) is 4.35. The summed E-state index contributed by atoms with van der Waals surface area (Å²) in [5.41, 5.74) is 8.80. The number of rotatable bonds is 4. The van der Waals surface area contributed by atoms with Gasteiger partial charge in [-0.05, 0) is 54.2 Å². The Hall–Kier alpha value is -4.08. The number of primary amides is 1. The van der Waals surface area contributed by atoms with Crippen molar-refractivity contribution in [3.63, 3.8) is 0 Å². The number of non-ortho nitro benzene ring substituents is 2. The lowest BCUT2D eigenvalue weighted by Crippen LogP contribution is -2.35. The first-order valence-electron chi connectivity index (χ1n) is 9.72. The minimum absolute atomic E-state index is 0.0139. The second kappa shape index (κ2) is 7.98. The van der Waals surface area contributed by atoms with Gasteiger partial charge in [0.1, 0.15) is 0 Å². The number of hydrazone groups is 1. The molecule has 1 heterocycles. The Labute approximate surface area is 177 Å². The van der Waals surface area contributed by atoms with Crippen LogP contribution >= 0.6 is 0 Å². The number of carbonyl (C=O) groups is 1. The lowest BCUT2D eigenvalue weighted by Gasteiger charge is -2.28. The highest BCUT2D eigenvalue weighted by Gasteiger charge is 2.43. The molecule has 2 aromatic carbocycles. The highest BCUT2D eigenvalue weighted by molar-refractivity contribution is 6.08. The number of hydrogen-bond donors (Lipinski definition) is 1. The van der Waals surface area contributed by atoms with Crippen molar-refractivity contribution >= 4 is 29.2 Å². The Morgan fingerprint density at radius 3 is 2.16 bits per heavy atom. The van der Waals surface area contributed by atoms with E-state index in [1.807, 2.05) is 6.08 Å². The lowest BCUT2D eigenvalue weighted by atomic mass is 9.77. The van der Waals surface area contributed by atoms with E-state index in [4.69, 9.17) is 5.73 Å². The average Bonchev–Trinajstić information content (AvgIpc) is 3.15. The molecule has 0 unspecified atom stereocenters. The third-order valence-electron chi connectivity index (χ3n) is 5.62. The highest BCUT2D eigenvalue weighted by Crippen LogP contribution is 2.44. The maximum atomic E-state index is 12.1. The maximum absolute atomic E-state index is 12.1. The minimum Gasteiger partial charge on any atom is -0.350 e. The van der Waals surface area contributed by atoms with Crippen molar-refractivity contribution in [3.05, 3.63) is 85.5 Å². The van der Waals surface area contributed by atoms with E-state index in [2.05, 4.69) is 5.10 Å². The molecule has 0 saturated heterocycles. The molecule has 2 amide bonds. The van der Waals surface area contributed by atoms with E-state index in [0.29, 0.717) is 0 Å². The van der Waals surface area contributed by atoms with Gasteiger partial charge in [0, 0.05) is 30.2 Å². The standard InChI is InChI=1S/C21H19N5O5/c22-21(27)24-20(14-6-10-17(11-7-14)26(30)31)18-3-1-2-15(19(18)23-24)12-13-4-8-16(9-5-13)25(28)29/h4-12,18,20H,1-3H2,(H2,22,27)/b15-12+/t18-,20-/m0/s1. The van der Waals surface area contributed by atoms with Crippen LogP contribution in [0.15, 0.2) is 59.2 Å². The van der Waals surface area contributed by atoms with Crippen molar-refractivity contribution < 1.29 is 14.6 Å². The topological polar surface area (TPSA) is 145 Å². The van der Waals surface area contributed by atoms with Crippen LogP contribution < -0.4 is 5.73 Å². The van der Waals surface area contributed by atoms with Crippen LogP contribution in [0.4, 0.5) is 16.2 Å². The Morgan fingerprint density at radius 2 is 1.61 bits per heavy atom. The van der Waals surface area contributed by atoms with Gasteiger partial charge in [-0.2, -0.15) is 5.10 Å². The number of carbonyl (C=O) groups excluding carboxylic acids is 1. The van der Waals surface area contributed by atoms with Crippen LogP contribution in [-0.4, -0.2) is 26.6 Å². The van der Waals surface area contributed by atoms with Crippen molar-refractivity contribution in [1.82, 2.24) is 5.01 Å². The van der Waals surface area contributed by atoms with Crippen LogP contribution in [0, 0.1) is 26.1 Å². The van der Waals surface area contributed by atoms with E-state index >= 15 is 0 Å². The summed E-state index contributed by atoms with van der Waals surface area (Å²) in [4.78, 5) is 33.0. The number of urea groups is 1. The molecule has 10 heteroatoms. The van der Waals surface area contributed by atoms with Gasteiger partial charge in [0.2, 0.25) is 0 Å². The SMILES string of the molecule is NC(=O)N1N=C2/C(=C/c3ccc([N+](=O)[O-])cc3)CCC[C@@H]2[C@@H]1c1ccc([N+](=O)[O-])cc1. The molecule has 2 N–H and O–H groups in total. The molecule has 31 heavy (non-hydrogen) atoms. The van der Waals surface area contributed by atoms with E-state index in [9.17, 15) is 25.0 Å². The summed E-state index contributed by atoms with van der Waals surface area (Å²) in [6.45, 7) is 0. The van der Waals surface area contributed by atoms with Crippen LogP contribution in [0.1, 0.15) is 36.4 Å². The molecule has 0 bridgehead atoms. The molecule has 2 atom stereocenters. The molecule has 2 aromatic rings. The van der Waals surface area contributed by atoms with Gasteiger partial charge < -0.3 is 5.73 Å². The normalized spacial score (nSPS) is 21.5. The van der Waals surface area contributed by atoms with Crippen LogP contribution in [0.25, 0.3) is 6.08 Å². The molecule has 10 nitrogen and oxygen atoms in total. The fourth-order valence-corrected chi connectivity index (χ4v) is 4.20. The van der Waals surface area contributed by atoms with Gasteiger partial charge in [0.25, 0.3) is 11.4 Å². The van der Waals surface area contributed by atoms with Crippen LogP contribution in [0.2, 0.25) is 0 Å². The predicted octanol–water partition coefficient (Wildman–Crippen LogP) is 4.18. The number of allylic oxidation sites excluding steroid dienone is 1. The van der Waals surface area contributed by atoms with Crippen molar-refractivity contribution in [2.75, 3.05) is 0 Å². The largest absolute Gasteiger partial charge is 0.350 e. The van der Waals surface area contributed by atoms with Gasteiger partial charge in [-0.15, -0.1) is 0 Å². The molecule has 2 aliphatic rings. The van der Waals surface area contributed by atoms with Crippen LogP contribution in [-0.2, 0) is 0 Å². The molecule has 1 saturated carbocycles. The Bertz CT molecular complexity index is 1110. The summed E-state index contributed by atoms with van der Waals surface area (Å²) in [7, 11) is 0. The van der Waals surface area contributed by atoms with Crippen molar-refractivity contribution in [1.29, 1.82) is 0 Å². The smallest absolute Gasteiger partial charge is 0.335 e. The maximum Gasteiger partial charge on any atom is 0.335 e. The minimum atomic E-state index is -0.695. The van der Waals surface area contributed by atoms with E-state index in [0.717, 1.165) is 41.7 Å². The average molecular weight is 421 g/mol. The molecule has 1 aliphatic carbocycles. The van der Waals surface area contributed by atoms with E-state index in [-0.39, 0.29) is 17.3 Å². The van der Waals surface area contributed by atoms with Gasteiger partial charge >= 0.3 is 6.03 Å². The zero-order chi connectivity index (χ0) is 22.1. The van der Waals surface area contributed by atoms with E-state index in [1.54, 1.807) is 24.3 Å². The van der Waals surface area contributed by atoms with Crippen LogP contribution in [0.3, 0.4) is 0 Å².